The van der Waals surface area contributed by atoms with E-state index in [1.165, 1.54) is 29.2 Å². The van der Waals surface area contributed by atoms with Crippen molar-refractivity contribution in [2.75, 3.05) is 44.1 Å². The normalized spacial score (nSPS) is 15.7. The highest BCUT2D eigenvalue weighted by atomic mass is 35.5. The minimum atomic E-state index is -4.78. The molecule has 2 aromatic carbocycles. The highest BCUT2D eigenvalue weighted by Crippen LogP contribution is 2.38. The topological polar surface area (TPSA) is 60.9 Å². The Morgan fingerprint density at radius 1 is 1.06 bits per heavy atom. The van der Waals surface area contributed by atoms with Gasteiger partial charge in [-0.05, 0) is 37.4 Å². The molecule has 168 valence electrons. The molecule has 1 saturated heterocycles. The van der Waals surface area contributed by atoms with Gasteiger partial charge in [0.25, 0.3) is 10.0 Å². The Balaban J connectivity index is 2.02. The first-order chi connectivity index (χ1) is 14.5. The molecule has 1 amide bonds. The van der Waals surface area contributed by atoms with E-state index in [-0.39, 0.29) is 10.6 Å². The number of hydrogen-bond donors (Lipinski definition) is 0. The molecule has 0 aromatic heterocycles. The molecule has 0 saturated carbocycles. The molecule has 0 aliphatic carbocycles. The highest BCUT2D eigenvalue weighted by molar-refractivity contribution is 7.92. The minimum Gasteiger partial charge on any atom is -0.339 e. The Hall–Kier alpha value is -2.30. The smallest absolute Gasteiger partial charge is 0.339 e. The van der Waals surface area contributed by atoms with Gasteiger partial charge in [-0.25, -0.2) is 8.42 Å². The maximum absolute atomic E-state index is 13.4. The summed E-state index contributed by atoms with van der Waals surface area (Å²) in [5.41, 5.74) is -1.46. The summed E-state index contributed by atoms with van der Waals surface area (Å²) in [6, 6.07) is 10.0. The molecule has 2 aromatic rings. The summed E-state index contributed by atoms with van der Waals surface area (Å²) in [6.45, 7) is 1.43. The second kappa shape index (κ2) is 9.05. The van der Waals surface area contributed by atoms with E-state index in [9.17, 15) is 26.4 Å². The van der Waals surface area contributed by atoms with Crippen LogP contribution in [-0.4, -0.2) is 63.9 Å². The van der Waals surface area contributed by atoms with Crippen LogP contribution >= 0.6 is 11.6 Å². The summed E-state index contributed by atoms with van der Waals surface area (Å²) < 4.78 is 67.4. The van der Waals surface area contributed by atoms with Crippen LogP contribution < -0.4 is 4.31 Å². The van der Waals surface area contributed by atoms with Gasteiger partial charge >= 0.3 is 6.18 Å². The first kappa shape index (κ1) is 23.4. The Morgan fingerprint density at radius 3 is 2.26 bits per heavy atom. The standard InChI is InChI=1S/C20H21ClF3N3O3S/c1-25-9-11-26(12-10-25)19(28)14-27(31(29,30)16-5-3-2-4-6-16)15-7-8-18(21)17(13-15)20(22,23)24/h2-8,13H,9-12,14H2,1H3. The van der Waals surface area contributed by atoms with Crippen molar-refractivity contribution < 1.29 is 26.4 Å². The number of alkyl halides is 3. The van der Waals surface area contributed by atoms with Gasteiger partial charge in [0, 0.05) is 26.2 Å². The van der Waals surface area contributed by atoms with E-state index in [0.717, 1.165) is 12.1 Å². The lowest BCUT2D eigenvalue weighted by atomic mass is 10.2. The summed E-state index contributed by atoms with van der Waals surface area (Å²) in [7, 11) is -2.41. The summed E-state index contributed by atoms with van der Waals surface area (Å²) in [6.07, 6.45) is -4.78. The fourth-order valence-corrected chi connectivity index (χ4v) is 4.85. The largest absolute Gasteiger partial charge is 0.417 e. The van der Waals surface area contributed by atoms with Crippen molar-refractivity contribution >= 4 is 33.2 Å². The zero-order valence-electron chi connectivity index (χ0n) is 16.6. The van der Waals surface area contributed by atoms with Crippen LogP contribution in [0.15, 0.2) is 53.4 Å². The van der Waals surface area contributed by atoms with Crippen molar-refractivity contribution in [2.45, 2.75) is 11.1 Å². The van der Waals surface area contributed by atoms with Gasteiger partial charge < -0.3 is 9.80 Å². The number of carbonyl (C=O) groups is 1. The van der Waals surface area contributed by atoms with Crippen LogP contribution in [-0.2, 0) is 21.0 Å². The third kappa shape index (κ3) is 5.31. The molecular weight excluding hydrogens is 455 g/mol. The number of halogens is 4. The number of rotatable bonds is 5. The number of benzene rings is 2. The molecule has 1 aliphatic heterocycles. The van der Waals surface area contributed by atoms with E-state index in [0.29, 0.717) is 36.6 Å². The van der Waals surface area contributed by atoms with Crippen LogP contribution in [0.1, 0.15) is 5.56 Å². The molecule has 1 heterocycles. The summed E-state index contributed by atoms with van der Waals surface area (Å²) in [4.78, 5) is 16.3. The lowest BCUT2D eigenvalue weighted by molar-refractivity contribution is -0.137. The molecule has 0 bridgehead atoms. The van der Waals surface area contributed by atoms with Crippen LogP contribution in [0.4, 0.5) is 18.9 Å². The third-order valence-electron chi connectivity index (χ3n) is 5.01. The molecule has 1 aliphatic rings. The van der Waals surface area contributed by atoms with Gasteiger partial charge in [0.15, 0.2) is 0 Å². The van der Waals surface area contributed by atoms with Crippen molar-refractivity contribution in [3.05, 3.63) is 59.1 Å². The number of sulfonamides is 1. The van der Waals surface area contributed by atoms with Crippen LogP contribution in [0.3, 0.4) is 0 Å². The molecule has 0 spiro atoms. The lowest BCUT2D eigenvalue weighted by Gasteiger charge is -2.34. The predicted molar refractivity (Wildman–Crippen MR) is 112 cm³/mol. The molecule has 31 heavy (non-hydrogen) atoms. The van der Waals surface area contributed by atoms with Gasteiger partial charge in [-0.15, -0.1) is 0 Å². The Kier molecular flexibility index (Phi) is 6.82. The molecule has 3 rings (SSSR count). The molecule has 1 fully saturated rings. The van der Waals surface area contributed by atoms with Gasteiger partial charge in [-0.3, -0.25) is 9.10 Å². The minimum absolute atomic E-state index is 0.135. The fraction of sp³-hybridized carbons (Fsp3) is 0.350. The zero-order chi connectivity index (χ0) is 22.8. The van der Waals surface area contributed by atoms with Crippen molar-refractivity contribution in [3.8, 4) is 0 Å². The Morgan fingerprint density at radius 2 is 1.68 bits per heavy atom. The molecule has 0 radical (unpaired) electrons. The maximum Gasteiger partial charge on any atom is 0.417 e. The Labute approximate surface area is 183 Å². The van der Waals surface area contributed by atoms with Gasteiger partial charge in [0.05, 0.1) is 21.2 Å². The number of nitrogens with zero attached hydrogens (tertiary/aromatic N) is 3. The van der Waals surface area contributed by atoms with Crippen LogP contribution in [0.25, 0.3) is 0 Å². The number of anilines is 1. The summed E-state index contributed by atoms with van der Waals surface area (Å²) in [5, 5.41) is -0.557. The van der Waals surface area contributed by atoms with Gasteiger partial charge in [-0.2, -0.15) is 13.2 Å². The maximum atomic E-state index is 13.4. The molecule has 0 unspecified atom stereocenters. The number of likely N-dealkylation sites (N-methyl/N-ethyl adjacent to an activating group) is 1. The average molecular weight is 476 g/mol. The summed E-state index contributed by atoms with van der Waals surface area (Å²) >= 11 is 5.69. The molecule has 0 N–H and O–H groups in total. The molecule has 0 atom stereocenters. The van der Waals surface area contributed by atoms with E-state index in [1.54, 1.807) is 6.07 Å². The van der Waals surface area contributed by atoms with E-state index in [1.807, 2.05) is 11.9 Å². The second-order valence-electron chi connectivity index (χ2n) is 7.17. The second-order valence-corrected chi connectivity index (χ2v) is 9.44. The van der Waals surface area contributed by atoms with Gasteiger partial charge in [0.1, 0.15) is 6.54 Å². The average Bonchev–Trinajstić information content (AvgIpc) is 2.72. The molecule has 11 heteroatoms. The van der Waals surface area contributed by atoms with Crippen molar-refractivity contribution in [2.24, 2.45) is 0 Å². The van der Waals surface area contributed by atoms with E-state index >= 15 is 0 Å². The van der Waals surface area contributed by atoms with Crippen molar-refractivity contribution in [1.29, 1.82) is 0 Å². The number of piperazine rings is 1. The first-order valence-electron chi connectivity index (χ1n) is 9.41. The number of hydrogen-bond acceptors (Lipinski definition) is 4. The molecular formula is C20H21ClF3N3O3S. The lowest BCUT2D eigenvalue weighted by Crippen LogP contribution is -2.50. The van der Waals surface area contributed by atoms with E-state index in [4.69, 9.17) is 11.6 Å². The van der Waals surface area contributed by atoms with Gasteiger partial charge in [0.2, 0.25) is 5.91 Å². The fourth-order valence-electron chi connectivity index (χ4n) is 3.20. The number of carbonyl (C=O) groups excluding carboxylic acids is 1. The monoisotopic (exact) mass is 475 g/mol. The highest BCUT2D eigenvalue weighted by Gasteiger charge is 2.36. The van der Waals surface area contributed by atoms with E-state index < -0.39 is 39.2 Å². The van der Waals surface area contributed by atoms with Gasteiger partial charge in [-0.1, -0.05) is 29.8 Å². The van der Waals surface area contributed by atoms with Crippen LogP contribution in [0.2, 0.25) is 5.02 Å². The Bertz CT molecular complexity index is 1040. The first-order valence-corrected chi connectivity index (χ1v) is 11.2. The zero-order valence-corrected chi connectivity index (χ0v) is 18.2. The quantitative estimate of drug-likeness (QED) is 0.665. The number of amides is 1. The van der Waals surface area contributed by atoms with Crippen LogP contribution in [0, 0.1) is 0 Å². The third-order valence-corrected chi connectivity index (χ3v) is 7.13. The van der Waals surface area contributed by atoms with Crippen molar-refractivity contribution in [1.82, 2.24) is 9.80 Å². The SMILES string of the molecule is CN1CCN(C(=O)CN(c2ccc(Cl)c(C(F)(F)F)c2)S(=O)(=O)c2ccccc2)CC1. The van der Waals surface area contributed by atoms with Crippen LogP contribution in [0.5, 0.6) is 0 Å². The van der Waals surface area contributed by atoms with E-state index in [2.05, 4.69) is 0 Å². The molecule has 6 nitrogen and oxygen atoms in total. The van der Waals surface area contributed by atoms with Crippen molar-refractivity contribution in [3.63, 3.8) is 0 Å². The summed E-state index contributed by atoms with van der Waals surface area (Å²) in [5.74, 6) is -0.490. The predicted octanol–water partition coefficient (Wildman–Crippen LogP) is 3.33.